The Bertz CT molecular complexity index is 624. The maximum absolute atomic E-state index is 11.7. The van der Waals surface area contributed by atoms with Crippen molar-refractivity contribution < 1.29 is 24.2 Å². The number of ether oxygens (including phenoxy) is 2. The van der Waals surface area contributed by atoms with Crippen molar-refractivity contribution in [1.82, 2.24) is 0 Å². The molecule has 3 fully saturated rings. The van der Waals surface area contributed by atoms with E-state index in [1.54, 1.807) is 0 Å². The largest absolute Gasteiger partial charge is 0.465 e. The molecule has 3 aliphatic rings. The number of carbonyl (C=O) groups is 2. The smallest absolute Gasteiger partial charge is 0.335 e. The van der Waals surface area contributed by atoms with E-state index < -0.39 is 18.0 Å². The van der Waals surface area contributed by atoms with Crippen molar-refractivity contribution in [3.8, 4) is 0 Å². The van der Waals surface area contributed by atoms with Gasteiger partial charge in [0, 0.05) is 18.8 Å². The first kappa shape index (κ1) is 20.4. The average molecular weight is 379 g/mol. The van der Waals surface area contributed by atoms with Gasteiger partial charge in [-0.3, -0.25) is 4.79 Å². The Labute approximate surface area is 162 Å². The third-order valence-corrected chi connectivity index (χ3v) is 7.79. The number of carbonyl (C=O) groups excluding carboxylic acids is 2. The lowest BCUT2D eigenvalue weighted by molar-refractivity contribution is -0.145. The van der Waals surface area contributed by atoms with Gasteiger partial charge in [-0.05, 0) is 48.3 Å². The summed E-state index contributed by atoms with van der Waals surface area (Å²) in [6, 6.07) is 0. The average Bonchev–Trinajstić information content (AvgIpc) is 3.09. The molecule has 5 heteroatoms. The van der Waals surface area contributed by atoms with Crippen molar-refractivity contribution in [3.63, 3.8) is 0 Å². The van der Waals surface area contributed by atoms with E-state index in [1.807, 2.05) is 0 Å². The molecule has 0 aromatic rings. The Kier molecular flexibility index (Phi) is 5.46. The highest BCUT2D eigenvalue weighted by Gasteiger charge is 2.56. The van der Waals surface area contributed by atoms with E-state index in [0.717, 1.165) is 12.0 Å². The summed E-state index contributed by atoms with van der Waals surface area (Å²) in [5.41, 5.74) is 1.50. The van der Waals surface area contributed by atoms with Crippen LogP contribution >= 0.6 is 0 Å². The molecule has 1 heterocycles. The van der Waals surface area contributed by atoms with E-state index in [-0.39, 0.29) is 30.5 Å². The lowest BCUT2D eigenvalue weighted by atomic mass is 9.54. The maximum Gasteiger partial charge on any atom is 0.335 e. The summed E-state index contributed by atoms with van der Waals surface area (Å²) in [6.45, 7) is 13.3. The third-order valence-electron chi connectivity index (χ3n) is 7.79. The van der Waals surface area contributed by atoms with Crippen molar-refractivity contribution in [1.29, 1.82) is 0 Å². The van der Waals surface area contributed by atoms with Crippen LogP contribution in [0.25, 0.3) is 0 Å². The van der Waals surface area contributed by atoms with Gasteiger partial charge in [0.25, 0.3) is 0 Å². The number of fused-ring (bicyclic) bond motifs is 1. The highest BCUT2D eigenvalue weighted by atomic mass is 16.6. The van der Waals surface area contributed by atoms with Crippen molar-refractivity contribution in [2.45, 2.75) is 65.9 Å². The molecular formula is C22H34O5. The zero-order valence-corrected chi connectivity index (χ0v) is 17.1. The molecule has 2 unspecified atom stereocenters. The number of aliphatic hydroxyl groups is 1. The Hall–Kier alpha value is -1.36. The molecule has 5 nitrogen and oxygen atoms in total. The molecule has 0 bridgehead atoms. The number of hydrogen-bond acceptors (Lipinski definition) is 5. The molecular weight excluding hydrogens is 344 g/mol. The van der Waals surface area contributed by atoms with Crippen LogP contribution in [-0.2, 0) is 19.1 Å². The van der Waals surface area contributed by atoms with E-state index in [2.05, 4.69) is 27.4 Å². The van der Waals surface area contributed by atoms with Crippen LogP contribution in [0.5, 0.6) is 0 Å². The molecule has 1 N–H and O–H groups in total. The summed E-state index contributed by atoms with van der Waals surface area (Å²) in [6.07, 6.45) is 4.72. The lowest BCUT2D eigenvalue weighted by Gasteiger charge is -2.50. The molecule has 0 amide bonds. The summed E-state index contributed by atoms with van der Waals surface area (Å²) < 4.78 is 10.4. The first-order valence-corrected chi connectivity index (χ1v) is 10.2. The molecule has 6 atom stereocenters. The van der Waals surface area contributed by atoms with Crippen molar-refractivity contribution >= 4 is 11.9 Å². The minimum atomic E-state index is -1.17. The van der Waals surface area contributed by atoms with Gasteiger partial charge in [0.1, 0.15) is 0 Å². The highest BCUT2D eigenvalue weighted by molar-refractivity contribution is 5.76. The second-order valence-electron chi connectivity index (χ2n) is 9.75. The van der Waals surface area contributed by atoms with Gasteiger partial charge < -0.3 is 14.6 Å². The van der Waals surface area contributed by atoms with Gasteiger partial charge in [-0.25, -0.2) is 4.79 Å². The third kappa shape index (κ3) is 3.55. The van der Waals surface area contributed by atoms with Gasteiger partial charge in [-0.1, -0.05) is 39.3 Å². The first-order valence-electron chi connectivity index (χ1n) is 10.2. The molecule has 0 aromatic carbocycles. The predicted molar refractivity (Wildman–Crippen MR) is 102 cm³/mol. The van der Waals surface area contributed by atoms with Crippen molar-refractivity contribution in [2.75, 3.05) is 13.2 Å². The Morgan fingerprint density at radius 2 is 2.04 bits per heavy atom. The summed E-state index contributed by atoms with van der Waals surface area (Å²) in [5.74, 6) is -0.659. The van der Waals surface area contributed by atoms with Gasteiger partial charge in [0.2, 0.25) is 0 Å². The number of hydrogen-bond donors (Lipinski definition) is 1. The van der Waals surface area contributed by atoms with Gasteiger partial charge in [0.15, 0.2) is 6.10 Å². The molecule has 0 spiro atoms. The number of aliphatic hydroxyl groups excluding tert-OH is 1. The van der Waals surface area contributed by atoms with Gasteiger partial charge in [-0.15, -0.1) is 0 Å². The SMILES string of the molecule is C=C([C@H]1CCC2C(C)(C)CCC[C@@]21C)[C@H](COC(C)=O)[C@@H]1COC(=O)C1O. The van der Waals surface area contributed by atoms with Crippen LogP contribution in [-0.4, -0.2) is 36.4 Å². The fourth-order valence-electron chi connectivity index (χ4n) is 6.41. The summed E-state index contributed by atoms with van der Waals surface area (Å²) >= 11 is 0. The standard InChI is InChI=1S/C22H34O5/c1-13(15(11-26-14(2)23)16-12-27-20(25)19(16)24)17-7-8-18-21(3,4)9-6-10-22(17,18)5/h15-19,24H,1,6-12H2,2-5H3/t15-,16-,17+,18?,19?,22+/m0/s1. The molecule has 1 aliphatic heterocycles. The van der Waals surface area contributed by atoms with Crippen molar-refractivity contribution in [3.05, 3.63) is 12.2 Å². The molecule has 2 aliphatic carbocycles. The second-order valence-corrected chi connectivity index (χ2v) is 9.75. The van der Waals surface area contributed by atoms with Gasteiger partial charge in [-0.2, -0.15) is 0 Å². The summed E-state index contributed by atoms with van der Waals surface area (Å²) in [4.78, 5) is 23.2. The van der Waals surface area contributed by atoms with Crippen LogP contribution < -0.4 is 0 Å². The molecule has 3 rings (SSSR count). The van der Waals surface area contributed by atoms with Crippen LogP contribution in [0, 0.1) is 34.5 Å². The quantitative estimate of drug-likeness (QED) is 0.585. The van der Waals surface area contributed by atoms with Crippen LogP contribution in [0.1, 0.15) is 59.8 Å². The van der Waals surface area contributed by atoms with E-state index >= 15 is 0 Å². The van der Waals surface area contributed by atoms with Gasteiger partial charge in [0.05, 0.1) is 13.2 Å². The first-order chi connectivity index (χ1) is 12.6. The predicted octanol–water partition coefficient (Wildman–Crippen LogP) is 3.50. The topological polar surface area (TPSA) is 72.8 Å². The molecule has 0 radical (unpaired) electrons. The van der Waals surface area contributed by atoms with E-state index in [4.69, 9.17) is 9.47 Å². The van der Waals surface area contributed by atoms with Crippen LogP contribution in [0.2, 0.25) is 0 Å². The minimum absolute atomic E-state index is 0.146. The van der Waals surface area contributed by atoms with Crippen molar-refractivity contribution in [2.24, 2.45) is 34.5 Å². The molecule has 0 aromatic heterocycles. The Morgan fingerprint density at radius 1 is 1.33 bits per heavy atom. The molecule has 27 heavy (non-hydrogen) atoms. The highest BCUT2D eigenvalue weighted by Crippen LogP contribution is 2.64. The minimum Gasteiger partial charge on any atom is -0.465 e. The fraction of sp³-hybridized carbons (Fsp3) is 0.818. The van der Waals surface area contributed by atoms with E-state index in [0.29, 0.717) is 17.3 Å². The van der Waals surface area contributed by atoms with E-state index in [9.17, 15) is 14.7 Å². The summed E-state index contributed by atoms with van der Waals surface area (Å²) in [5, 5.41) is 10.3. The van der Waals surface area contributed by atoms with Crippen LogP contribution in [0.3, 0.4) is 0 Å². The molecule has 1 saturated heterocycles. The Balaban J connectivity index is 1.85. The van der Waals surface area contributed by atoms with E-state index in [1.165, 1.54) is 32.6 Å². The van der Waals surface area contributed by atoms with Crippen LogP contribution in [0.4, 0.5) is 0 Å². The number of cyclic esters (lactones) is 1. The monoisotopic (exact) mass is 378 g/mol. The molecule has 2 saturated carbocycles. The fourth-order valence-corrected chi connectivity index (χ4v) is 6.41. The number of esters is 2. The van der Waals surface area contributed by atoms with Gasteiger partial charge >= 0.3 is 11.9 Å². The lowest BCUT2D eigenvalue weighted by Crippen LogP contribution is -2.43. The zero-order valence-electron chi connectivity index (χ0n) is 17.1. The normalized spacial score (nSPS) is 38.8. The molecule has 152 valence electrons. The second kappa shape index (κ2) is 7.23. The van der Waals surface area contributed by atoms with Crippen LogP contribution in [0.15, 0.2) is 12.2 Å². The summed E-state index contributed by atoms with van der Waals surface area (Å²) in [7, 11) is 0. The maximum atomic E-state index is 11.7. The zero-order chi connectivity index (χ0) is 20.0. The number of rotatable bonds is 5. The Morgan fingerprint density at radius 3 is 2.63 bits per heavy atom.